The van der Waals surface area contributed by atoms with Crippen LogP contribution in [0.2, 0.25) is 0 Å². The Morgan fingerprint density at radius 3 is 2.19 bits per heavy atom. The van der Waals surface area contributed by atoms with Gasteiger partial charge in [-0.2, -0.15) is 0 Å². The van der Waals surface area contributed by atoms with E-state index >= 15 is 0 Å². The molecule has 0 aliphatic heterocycles. The smallest absolute Gasteiger partial charge is 0.241 e. The molecule has 0 saturated heterocycles. The van der Waals surface area contributed by atoms with Gasteiger partial charge in [0, 0.05) is 20.5 Å². The van der Waals surface area contributed by atoms with Gasteiger partial charge in [0.25, 0.3) is 0 Å². The molecule has 1 aromatic rings. The van der Waals surface area contributed by atoms with E-state index in [-0.39, 0.29) is 11.9 Å². The van der Waals surface area contributed by atoms with E-state index in [2.05, 4.69) is 58.4 Å². The van der Waals surface area contributed by atoms with Gasteiger partial charge in [0.2, 0.25) is 5.91 Å². The van der Waals surface area contributed by atoms with Crippen LogP contribution in [0, 0.1) is 0 Å². The molecule has 2 N–H and O–H groups in total. The van der Waals surface area contributed by atoms with Crippen molar-refractivity contribution in [2.45, 2.75) is 13.0 Å². The standard InChI is InChI=1S/C10H11Br3N2O/c1-5(10(16)14-2)15-9-7(12)3-6(11)4-8(9)13/h3-5,15H,1-2H3,(H,14,16). The topological polar surface area (TPSA) is 41.1 Å². The number of amides is 1. The highest BCUT2D eigenvalue weighted by molar-refractivity contribution is 9.11. The van der Waals surface area contributed by atoms with E-state index in [9.17, 15) is 4.79 Å². The van der Waals surface area contributed by atoms with Crippen LogP contribution in [0.3, 0.4) is 0 Å². The van der Waals surface area contributed by atoms with Gasteiger partial charge in [-0.3, -0.25) is 4.79 Å². The van der Waals surface area contributed by atoms with Crippen LogP contribution in [0.25, 0.3) is 0 Å². The molecule has 1 atom stereocenters. The zero-order valence-corrected chi connectivity index (χ0v) is 13.5. The number of benzene rings is 1. The third-order valence-electron chi connectivity index (χ3n) is 2.01. The van der Waals surface area contributed by atoms with Crippen LogP contribution in [0.1, 0.15) is 6.92 Å². The van der Waals surface area contributed by atoms with Crippen molar-refractivity contribution in [3.63, 3.8) is 0 Å². The van der Waals surface area contributed by atoms with Crippen molar-refractivity contribution >= 4 is 59.4 Å². The molecular formula is C10H11Br3N2O. The first-order valence-electron chi connectivity index (χ1n) is 4.58. The van der Waals surface area contributed by atoms with Gasteiger partial charge in [0.15, 0.2) is 0 Å². The molecular weight excluding hydrogens is 404 g/mol. The minimum Gasteiger partial charge on any atom is -0.372 e. The summed E-state index contributed by atoms with van der Waals surface area (Å²) in [5, 5.41) is 5.72. The molecule has 88 valence electrons. The average Bonchev–Trinajstić information content (AvgIpc) is 2.21. The predicted octanol–water partition coefficient (Wildman–Crippen LogP) is 3.52. The van der Waals surface area contributed by atoms with Gasteiger partial charge in [-0.05, 0) is 50.9 Å². The molecule has 1 rings (SSSR count). The number of anilines is 1. The summed E-state index contributed by atoms with van der Waals surface area (Å²) in [5.41, 5.74) is 0.860. The predicted molar refractivity (Wildman–Crippen MR) is 76.7 cm³/mol. The Morgan fingerprint density at radius 2 is 1.75 bits per heavy atom. The quantitative estimate of drug-likeness (QED) is 0.794. The van der Waals surface area contributed by atoms with E-state index in [1.165, 1.54) is 0 Å². The Kier molecular flexibility index (Phi) is 5.27. The molecule has 0 aromatic heterocycles. The second kappa shape index (κ2) is 6.02. The number of nitrogens with one attached hydrogen (secondary N) is 2. The number of carbonyl (C=O) groups is 1. The van der Waals surface area contributed by atoms with Crippen LogP contribution in [-0.4, -0.2) is 19.0 Å². The van der Waals surface area contributed by atoms with Gasteiger partial charge in [0.1, 0.15) is 6.04 Å². The highest BCUT2D eigenvalue weighted by Gasteiger charge is 2.14. The minimum absolute atomic E-state index is 0.0540. The zero-order valence-electron chi connectivity index (χ0n) is 8.77. The number of hydrogen-bond donors (Lipinski definition) is 2. The Bertz CT molecular complexity index is 386. The fraction of sp³-hybridized carbons (Fsp3) is 0.300. The van der Waals surface area contributed by atoms with E-state index in [4.69, 9.17) is 0 Å². The monoisotopic (exact) mass is 412 g/mol. The summed E-state index contributed by atoms with van der Waals surface area (Å²) in [7, 11) is 1.62. The lowest BCUT2D eigenvalue weighted by Crippen LogP contribution is -2.35. The van der Waals surface area contributed by atoms with Crippen molar-refractivity contribution in [2.75, 3.05) is 12.4 Å². The Balaban J connectivity index is 2.93. The molecule has 0 aliphatic carbocycles. The maximum atomic E-state index is 11.4. The van der Waals surface area contributed by atoms with Crippen molar-refractivity contribution in [1.82, 2.24) is 5.32 Å². The van der Waals surface area contributed by atoms with Gasteiger partial charge < -0.3 is 10.6 Å². The molecule has 0 saturated carbocycles. The number of hydrogen-bond acceptors (Lipinski definition) is 2. The van der Waals surface area contributed by atoms with Crippen molar-refractivity contribution in [3.8, 4) is 0 Å². The summed E-state index contributed by atoms with van der Waals surface area (Å²) in [5.74, 6) is -0.0540. The maximum Gasteiger partial charge on any atom is 0.241 e. The lowest BCUT2D eigenvalue weighted by molar-refractivity contribution is -0.121. The van der Waals surface area contributed by atoms with Crippen molar-refractivity contribution in [1.29, 1.82) is 0 Å². The van der Waals surface area contributed by atoms with Crippen molar-refractivity contribution in [3.05, 3.63) is 25.6 Å². The Hall–Kier alpha value is -0.0700. The van der Waals surface area contributed by atoms with Crippen LogP contribution in [-0.2, 0) is 4.79 Å². The molecule has 1 unspecified atom stereocenters. The summed E-state index contributed by atoms with van der Waals surface area (Å²) in [6.45, 7) is 1.81. The lowest BCUT2D eigenvalue weighted by atomic mass is 10.2. The van der Waals surface area contributed by atoms with Gasteiger partial charge in [-0.1, -0.05) is 15.9 Å². The molecule has 0 bridgehead atoms. The van der Waals surface area contributed by atoms with Crippen LogP contribution in [0.5, 0.6) is 0 Å². The zero-order chi connectivity index (χ0) is 12.3. The van der Waals surface area contributed by atoms with Crippen LogP contribution < -0.4 is 10.6 Å². The van der Waals surface area contributed by atoms with Crippen LogP contribution in [0.4, 0.5) is 5.69 Å². The molecule has 1 amide bonds. The highest BCUT2D eigenvalue weighted by Crippen LogP contribution is 2.34. The molecule has 0 radical (unpaired) electrons. The van der Waals surface area contributed by atoms with E-state index in [1.807, 2.05) is 12.1 Å². The first-order chi connectivity index (χ1) is 7.45. The fourth-order valence-electron chi connectivity index (χ4n) is 1.18. The first-order valence-corrected chi connectivity index (χ1v) is 6.96. The van der Waals surface area contributed by atoms with E-state index in [0.717, 1.165) is 19.1 Å². The average molecular weight is 415 g/mol. The summed E-state index contributed by atoms with van der Waals surface area (Å²) in [6, 6.07) is 3.55. The van der Waals surface area contributed by atoms with Crippen LogP contribution in [0.15, 0.2) is 25.6 Å². The SMILES string of the molecule is CNC(=O)C(C)Nc1c(Br)cc(Br)cc1Br. The molecule has 0 spiro atoms. The Morgan fingerprint density at radius 1 is 1.25 bits per heavy atom. The minimum atomic E-state index is -0.293. The number of rotatable bonds is 3. The molecule has 0 aliphatic rings. The number of likely N-dealkylation sites (N-methyl/N-ethyl adjacent to an activating group) is 1. The van der Waals surface area contributed by atoms with Crippen LogP contribution >= 0.6 is 47.8 Å². The van der Waals surface area contributed by atoms with Crippen molar-refractivity contribution in [2.24, 2.45) is 0 Å². The fourth-order valence-corrected chi connectivity index (χ4v) is 3.67. The molecule has 16 heavy (non-hydrogen) atoms. The molecule has 0 fully saturated rings. The van der Waals surface area contributed by atoms with E-state index in [0.29, 0.717) is 0 Å². The molecule has 1 aromatic carbocycles. The number of halogens is 3. The maximum absolute atomic E-state index is 11.4. The summed E-state index contributed by atoms with van der Waals surface area (Å²) < 4.78 is 2.75. The molecule has 6 heteroatoms. The third kappa shape index (κ3) is 3.46. The van der Waals surface area contributed by atoms with Gasteiger partial charge in [0.05, 0.1) is 5.69 Å². The Labute approximate surface area is 120 Å². The molecule has 0 heterocycles. The van der Waals surface area contributed by atoms with E-state index in [1.54, 1.807) is 14.0 Å². The second-order valence-electron chi connectivity index (χ2n) is 3.22. The highest BCUT2D eigenvalue weighted by atomic mass is 79.9. The normalized spacial score (nSPS) is 12.1. The first kappa shape index (κ1) is 14.0. The van der Waals surface area contributed by atoms with Crippen molar-refractivity contribution < 1.29 is 4.79 Å². The third-order valence-corrected chi connectivity index (χ3v) is 3.72. The second-order valence-corrected chi connectivity index (χ2v) is 5.85. The van der Waals surface area contributed by atoms with E-state index < -0.39 is 0 Å². The summed E-state index contributed by atoms with van der Waals surface area (Å²) in [6.07, 6.45) is 0. The lowest BCUT2D eigenvalue weighted by Gasteiger charge is -2.16. The van der Waals surface area contributed by atoms with Gasteiger partial charge >= 0.3 is 0 Å². The summed E-state index contributed by atoms with van der Waals surface area (Å²) >= 11 is 10.3. The number of carbonyl (C=O) groups excluding carboxylic acids is 1. The molecule has 3 nitrogen and oxygen atoms in total. The largest absolute Gasteiger partial charge is 0.372 e. The van der Waals surface area contributed by atoms with Gasteiger partial charge in [-0.25, -0.2) is 0 Å². The van der Waals surface area contributed by atoms with Gasteiger partial charge in [-0.15, -0.1) is 0 Å². The summed E-state index contributed by atoms with van der Waals surface area (Å²) in [4.78, 5) is 11.4.